The first-order valence-corrected chi connectivity index (χ1v) is 10.2. The lowest BCUT2D eigenvalue weighted by atomic mass is 9.94. The maximum absolute atomic E-state index is 12.1. The van der Waals surface area contributed by atoms with E-state index in [0.717, 1.165) is 55.2 Å². The highest BCUT2D eigenvalue weighted by Gasteiger charge is 2.21. The number of aromatic nitrogens is 2. The monoisotopic (exact) mass is 400 g/mol. The zero-order valence-corrected chi connectivity index (χ0v) is 17.1. The molecule has 2 aromatic heterocycles. The molecule has 3 heterocycles. The molecule has 1 saturated heterocycles. The van der Waals surface area contributed by atoms with Gasteiger partial charge in [-0.3, -0.25) is 24.5 Å². The van der Waals surface area contributed by atoms with Gasteiger partial charge in [0, 0.05) is 51.8 Å². The number of carbonyl (C=O) groups is 2. The van der Waals surface area contributed by atoms with Gasteiger partial charge in [-0.25, -0.2) is 0 Å². The van der Waals surface area contributed by atoms with Crippen molar-refractivity contribution in [2.45, 2.75) is 26.3 Å². The van der Waals surface area contributed by atoms with Crippen molar-refractivity contribution < 1.29 is 9.59 Å². The first-order chi connectivity index (χ1) is 14.6. The van der Waals surface area contributed by atoms with Gasteiger partial charge in [0.1, 0.15) is 5.69 Å². The summed E-state index contributed by atoms with van der Waals surface area (Å²) in [5.41, 5.74) is 4.84. The molecule has 2 aliphatic rings. The van der Waals surface area contributed by atoms with Gasteiger partial charge < -0.3 is 4.90 Å². The predicted molar refractivity (Wildman–Crippen MR) is 116 cm³/mol. The first-order valence-electron chi connectivity index (χ1n) is 10.2. The Bertz CT molecular complexity index is 1040. The molecule has 2 aromatic rings. The third kappa shape index (κ3) is 4.17. The maximum atomic E-state index is 12.1. The second-order valence-corrected chi connectivity index (χ2v) is 7.63. The lowest BCUT2D eigenvalue weighted by Crippen LogP contribution is -2.46. The molecule has 0 aromatic carbocycles. The standard InChI is InChI=1S/C24H24N4O2/c1-3-18-12-22-19(13-24(18)30)11-17(14-25-22)16-27-7-9-28(10-8-27)20-5-6-21(26-15-20)23(29)4-2/h1,5-6,11-12,14-15H,4,7-10,13,16H2,2H3. The van der Waals surface area contributed by atoms with Gasteiger partial charge in [-0.15, -0.1) is 6.42 Å². The zero-order valence-electron chi connectivity index (χ0n) is 17.1. The molecular weight excluding hydrogens is 376 g/mol. The smallest absolute Gasteiger partial charge is 0.180 e. The summed E-state index contributed by atoms with van der Waals surface area (Å²) in [4.78, 5) is 37.3. The minimum Gasteiger partial charge on any atom is -0.368 e. The largest absolute Gasteiger partial charge is 0.368 e. The van der Waals surface area contributed by atoms with Crippen molar-refractivity contribution in [3.8, 4) is 12.3 Å². The van der Waals surface area contributed by atoms with Crippen LogP contribution in [0.1, 0.15) is 40.7 Å². The van der Waals surface area contributed by atoms with Crippen molar-refractivity contribution in [1.29, 1.82) is 0 Å². The number of hydrogen-bond donors (Lipinski definition) is 0. The lowest BCUT2D eigenvalue weighted by molar-refractivity contribution is -0.114. The number of pyridine rings is 2. The number of Topliss-reactive ketones (excluding diaryl/α,β-unsaturated/α-hetero) is 2. The minimum atomic E-state index is -0.0159. The van der Waals surface area contributed by atoms with Gasteiger partial charge in [0.15, 0.2) is 11.6 Å². The molecule has 6 heteroatoms. The van der Waals surface area contributed by atoms with E-state index in [9.17, 15) is 9.59 Å². The van der Waals surface area contributed by atoms with Crippen molar-refractivity contribution in [2.75, 3.05) is 31.1 Å². The average molecular weight is 400 g/mol. The predicted octanol–water partition coefficient (Wildman–Crippen LogP) is 2.53. The fourth-order valence-electron chi connectivity index (χ4n) is 3.88. The lowest BCUT2D eigenvalue weighted by Gasteiger charge is -2.36. The SMILES string of the molecule is C#CC1=Cc2ncc(CN3CCN(c4ccc(C(=O)CC)nc4)CC3)cc2CC1=O. The van der Waals surface area contributed by atoms with Gasteiger partial charge in [0.25, 0.3) is 0 Å². The van der Waals surface area contributed by atoms with E-state index in [2.05, 4.69) is 31.8 Å². The Morgan fingerprint density at radius 1 is 1.17 bits per heavy atom. The second kappa shape index (κ2) is 8.60. The molecule has 1 aliphatic carbocycles. The summed E-state index contributed by atoms with van der Waals surface area (Å²) < 4.78 is 0. The molecule has 0 spiro atoms. The summed E-state index contributed by atoms with van der Waals surface area (Å²) in [6, 6.07) is 5.87. The summed E-state index contributed by atoms with van der Waals surface area (Å²) in [5, 5.41) is 0. The summed E-state index contributed by atoms with van der Waals surface area (Å²) >= 11 is 0. The van der Waals surface area contributed by atoms with Gasteiger partial charge in [-0.2, -0.15) is 0 Å². The number of allylic oxidation sites excluding steroid dienone is 1. The number of fused-ring (bicyclic) bond motifs is 1. The normalized spacial score (nSPS) is 16.6. The van der Waals surface area contributed by atoms with Crippen molar-refractivity contribution >= 4 is 23.3 Å². The van der Waals surface area contributed by atoms with E-state index in [0.29, 0.717) is 24.1 Å². The first kappa shape index (κ1) is 20.0. The molecule has 0 atom stereocenters. The van der Waals surface area contributed by atoms with Crippen LogP contribution in [0.2, 0.25) is 0 Å². The molecule has 4 rings (SSSR count). The van der Waals surface area contributed by atoms with Gasteiger partial charge in [0.05, 0.1) is 23.2 Å². The molecule has 1 fully saturated rings. The Kier molecular flexibility index (Phi) is 5.73. The Labute approximate surface area is 176 Å². The average Bonchev–Trinajstić information content (AvgIpc) is 2.78. The third-order valence-corrected chi connectivity index (χ3v) is 5.64. The van der Waals surface area contributed by atoms with Crippen molar-refractivity contribution in [2.24, 2.45) is 0 Å². The van der Waals surface area contributed by atoms with E-state index < -0.39 is 0 Å². The van der Waals surface area contributed by atoms with Crippen LogP contribution in [0.5, 0.6) is 0 Å². The van der Waals surface area contributed by atoms with E-state index in [1.165, 1.54) is 0 Å². The molecule has 0 radical (unpaired) electrons. The quantitative estimate of drug-likeness (QED) is 0.568. The van der Waals surface area contributed by atoms with Crippen LogP contribution in [-0.2, 0) is 17.8 Å². The summed E-state index contributed by atoms with van der Waals surface area (Å²) in [6.07, 6.45) is 11.6. The third-order valence-electron chi connectivity index (χ3n) is 5.64. The Morgan fingerprint density at radius 3 is 2.63 bits per heavy atom. The second-order valence-electron chi connectivity index (χ2n) is 7.63. The fraction of sp³-hybridized carbons (Fsp3) is 0.333. The molecule has 0 saturated carbocycles. The molecular formula is C24H24N4O2. The van der Waals surface area contributed by atoms with E-state index in [-0.39, 0.29) is 11.6 Å². The van der Waals surface area contributed by atoms with Gasteiger partial charge in [-0.05, 0) is 29.3 Å². The Balaban J connectivity index is 1.36. The highest BCUT2D eigenvalue weighted by molar-refractivity contribution is 6.07. The van der Waals surface area contributed by atoms with Crippen molar-refractivity contribution in [3.63, 3.8) is 0 Å². The van der Waals surface area contributed by atoms with E-state index in [1.54, 1.807) is 12.3 Å². The van der Waals surface area contributed by atoms with Crippen LogP contribution < -0.4 is 4.90 Å². The van der Waals surface area contributed by atoms with Crippen LogP contribution in [0.25, 0.3) is 6.08 Å². The highest BCUT2D eigenvalue weighted by Crippen LogP contribution is 2.22. The summed E-state index contributed by atoms with van der Waals surface area (Å²) in [5.74, 6) is 2.49. The molecule has 0 amide bonds. The summed E-state index contributed by atoms with van der Waals surface area (Å²) in [7, 11) is 0. The number of carbonyl (C=O) groups excluding carboxylic acids is 2. The number of anilines is 1. The maximum Gasteiger partial charge on any atom is 0.180 e. The van der Waals surface area contributed by atoms with Gasteiger partial charge in [0.2, 0.25) is 0 Å². The number of ketones is 2. The van der Waals surface area contributed by atoms with Crippen LogP contribution in [0.4, 0.5) is 5.69 Å². The number of terminal acetylenes is 1. The van der Waals surface area contributed by atoms with Crippen molar-refractivity contribution in [3.05, 3.63) is 58.7 Å². The fourth-order valence-corrected chi connectivity index (χ4v) is 3.88. The van der Waals surface area contributed by atoms with Crippen LogP contribution in [0, 0.1) is 12.3 Å². The van der Waals surface area contributed by atoms with Crippen LogP contribution >= 0.6 is 0 Å². The number of hydrogen-bond acceptors (Lipinski definition) is 6. The molecule has 6 nitrogen and oxygen atoms in total. The topological polar surface area (TPSA) is 66.4 Å². The molecule has 1 aliphatic heterocycles. The number of piperazine rings is 1. The number of rotatable bonds is 5. The molecule has 0 bridgehead atoms. The Hall–Kier alpha value is -3.30. The van der Waals surface area contributed by atoms with E-state index in [1.807, 2.05) is 25.3 Å². The summed E-state index contributed by atoms with van der Waals surface area (Å²) in [6.45, 7) is 6.29. The van der Waals surface area contributed by atoms with Crippen LogP contribution in [0.15, 0.2) is 36.2 Å². The minimum absolute atomic E-state index is 0.0159. The van der Waals surface area contributed by atoms with Crippen LogP contribution in [-0.4, -0.2) is 52.6 Å². The zero-order chi connectivity index (χ0) is 21.1. The molecule has 0 unspecified atom stereocenters. The molecule has 0 N–H and O–H groups in total. The van der Waals surface area contributed by atoms with E-state index in [4.69, 9.17) is 6.42 Å². The molecule has 30 heavy (non-hydrogen) atoms. The van der Waals surface area contributed by atoms with Crippen molar-refractivity contribution in [1.82, 2.24) is 14.9 Å². The van der Waals surface area contributed by atoms with Gasteiger partial charge in [-0.1, -0.05) is 18.9 Å². The van der Waals surface area contributed by atoms with E-state index >= 15 is 0 Å². The van der Waals surface area contributed by atoms with Crippen LogP contribution in [0.3, 0.4) is 0 Å². The Morgan fingerprint density at radius 2 is 1.97 bits per heavy atom. The molecule has 152 valence electrons. The van der Waals surface area contributed by atoms with Gasteiger partial charge >= 0.3 is 0 Å². The number of nitrogens with zero attached hydrogens (tertiary/aromatic N) is 4. The highest BCUT2D eigenvalue weighted by atomic mass is 16.1.